The highest BCUT2D eigenvalue weighted by Gasteiger charge is 2.13. The van der Waals surface area contributed by atoms with Gasteiger partial charge >= 0.3 is 0 Å². The topological polar surface area (TPSA) is 82.8 Å². The summed E-state index contributed by atoms with van der Waals surface area (Å²) in [7, 11) is -3.59. The lowest BCUT2D eigenvalue weighted by Gasteiger charge is -2.08. The summed E-state index contributed by atoms with van der Waals surface area (Å²) >= 11 is 0. The average Bonchev–Trinajstić information content (AvgIpc) is 2.62. The lowest BCUT2D eigenvalue weighted by Crippen LogP contribution is -2.26. The van der Waals surface area contributed by atoms with Crippen LogP contribution in [-0.2, 0) is 16.4 Å². The summed E-state index contributed by atoms with van der Waals surface area (Å²) in [5, 5.41) is 9.80. The van der Waals surface area contributed by atoms with Crippen molar-refractivity contribution in [3.63, 3.8) is 0 Å². The number of pyridine rings is 1. The van der Waals surface area contributed by atoms with Crippen molar-refractivity contribution >= 4 is 20.9 Å². The second-order valence-electron chi connectivity index (χ2n) is 5.28. The Morgan fingerprint density at radius 3 is 2.54 bits per heavy atom. The van der Waals surface area contributed by atoms with Gasteiger partial charge in [-0.1, -0.05) is 24.3 Å². The number of aromatic nitrogens is 1. The number of rotatable bonds is 5. The van der Waals surface area contributed by atoms with Crippen LogP contribution in [0.3, 0.4) is 0 Å². The zero-order chi connectivity index (χ0) is 17.0. The molecule has 0 saturated carbocycles. The van der Waals surface area contributed by atoms with Gasteiger partial charge in [-0.15, -0.1) is 0 Å². The number of hydrogen-bond acceptors (Lipinski definition) is 4. The Kier molecular flexibility index (Phi) is 4.56. The predicted molar refractivity (Wildman–Crippen MR) is 91.8 cm³/mol. The number of benzene rings is 2. The maximum atomic E-state index is 12.3. The van der Waals surface area contributed by atoms with Crippen molar-refractivity contribution in [3.05, 3.63) is 71.9 Å². The largest absolute Gasteiger partial charge is 0.256 e. The van der Waals surface area contributed by atoms with E-state index in [1.54, 1.807) is 6.20 Å². The molecule has 6 heteroatoms. The zero-order valence-corrected chi connectivity index (χ0v) is 13.6. The van der Waals surface area contributed by atoms with Gasteiger partial charge in [-0.25, -0.2) is 13.1 Å². The summed E-state index contributed by atoms with van der Waals surface area (Å²) in [6, 6.07) is 17.5. The monoisotopic (exact) mass is 337 g/mol. The Morgan fingerprint density at radius 1 is 1.04 bits per heavy atom. The van der Waals surface area contributed by atoms with Crippen molar-refractivity contribution in [1.82, 2.24) is 9.71 Å². The van der Waals surface area contributed by atoms with E-state index in [9.17, 15) is 8.42 Å². The molecule has 0 aliphatic heterocycles. The van der Waals surface area contributed by atoms with Gasteiger partial charge in [0.25, 0.3) is 0 Å². The normalized spacial score (nSPS) is 11.3. The molecule has 0 aliphatic rings. The summed E-state index contributed by atoms with van der Waals surface area (Å²) in [4.78, 5) is 4.52. The second-order valence-corrected chi connectivity index (χ2v) is 7.04. The number of nitrogens with one attached hydrogen (secondary N) is 1. The molecule has 0 amide bonds. The van der Waals surface area contributed by atoms with Gasteiger partial charge in [-0.2, -0.15) is 5.26 Å². The predicted octanol–water partition coefficient (Wildman–Crippen LogP) is 2.63. The lowest BCUT2D eigenvalue weighted by molar-refractivity contribution is 0.581. The second kappa shape index (κ2) is 6.79. The van der Waals surface area contributed by atoms with Gasteiger partial charge in [0.2, 0.25) is 10.0 Å². The average molecular weight is 337 g/mol. The number of sulfonamides is 1. The van der Waals surface area contributed by atoms with E-state index in [0.29, 0.717) is 12.0 Å². The molecule has 0 unspecified atom stereocenters. The first-order valence-electron chi connectivity index (χ1n) is 7.42. The van der Waals surface area contributed by atoms with Crippen LogP contribution in [0.5, 0.6) is 0 Å². The Morgan fingerprint density at radius 2 is 1.79 bits per heavy atom. The van der Waals surface area contributed by atoms with E-state index in [1.165, 1.54) is 24.3 Å². The SMILES string of the molecule is N#Cc1ccc(S(=O)(=O)NCCc2cccc3cccnc23)cc1. The Labute approximate surface area is 140 Å². The standard InChI is InChI=1S/C18H15N3O2S/c19-13-14-6-8-17(9-7-14)24(22,23)21-12-10-16-4-1-3-15-5-2-11-20-18(15)16/h1-9,11,21H,10,12H2. The van der Waals surface area contributed by atoms with Gasteiger partial charge in [-0.05, 0) is 42.3 Å². The molecule has 1 aromatic heterocycles. The highest BCUT2D eigenvalue weighted by atomic mass is 32.2. The molecule has 0 radical (unpaired) electrons. The zero-order valence-electron chi connectivity index (χ0n) is 12.8. The molecule has 0 fully saturated rings. The van der Waals surface area contributed by atoms with Gasteiger partial charge in [0.05, 0.1) is 22.0 Å². The van der Waals surface area contributed by atoms with Crippen molar-refractivity contribution < 1.29 is 8.42 Å². The van der Waals surface area contributed by atoms with Crippen LogP contribution in [-0.4, -0.2) is 19.9 Å². The number of nitrogens with zero attached hydrogens (tertiary/aromatic N) is 2. The van der Waals surface area contributed by atoms with Crippen LogP contribution in [0, 0.1) is 11.3 Å². The Hall–Kier alpha value is -2.75. The minimum atomic E-state index is -3.59. The van der Waals surface area contributed by atoms with Gasteiger partial charge in [-0.3, -0.25) is 4.98 Å². The van der Waals surface area contributed by atoms with Crippen molar-refractivity contribution in [2.75, 3.05) is 6.54 Å². The van der Waals surface area contributed by atoms with Gasteiger partial charge < -0.3 is 0 Å². The van der Waals surface area contributed by atoms with E-state index in [1.807, 2.05) is 36.4 Å². The smallest absolute Gasteiger partial charge is 0.240 e. The molecule has 3 aromatic rings. The quantitative estimate of drug-likeness (QED) is 0.776. The number of nitriles is 1. The Balaban J connectivity index is 1.72. The fourth-order valence-electron chi connectivity index (χ4n) is 2.48. The van der Waals surface area contributed by atoms with Crippen molar-refractivity contribution in [2.45, 2.75) is 11.3 Å². The van der Waals surface area contributed by atoms with E-state index in [2.05, 4.69) is 9.71 Å². The molecule has 0 aliphatic carbocycles. The summed E-state index contributed by atoms with van der Waals surface area (Å²) in [5.41, 5.74) is 2.31. The van der Waals surface area contributed by atoms with Gasteiger partial charge in [0, 0.05) is 18.1 Å². The molecule has 120 valence electrons. The first-order valence-corrected chi connectivity index (χ1v) is 8.91. The molecule has 5 nitrogen and oxygen atoms in total. The summed E-state index contributed by atoms with van der Waals surface area (Å²) < 4.78 is 27.1. The van der Waals surface area contributed by atoms with Crippen molar-refractivity contribution in [2.24, 2.45) is 0 Å². The highest BCUT2D eigenvalue weighted by Crippen LogP contribution is 2.16. The molecule has 0 spiro atoms. The van der Waals surface area contributed by atoms with E-state index in [4.69, 9.17) is 5.26 Å². The molecule has 0 saturated heterocycles. The van der Waals surface area contributed by atoms with Crippen LogP contribution in [0.25, 0.3) is 10.9 Å². The molecular weight excluding hydrogens is 322 g/mol. The third-order valence-corrected chi connectivity index (χ3v) is 5.17. The van der Waals surface area contributed by atoms with E-state index < -0.39 is 10.0 Å². The maximum Gasteiger partial charge on any atom is 0.240 e. The molecular formula is C18H15N3O2S. The van der Waals surface area contributed by atoms with Crippen molar-refractivity contribution in [3.8, 4) is 6.07 Å². The molecule has 1 N–H and O–H groups in total. The van der Waals surface area contributed by atoms with Gasteiger partial charge in [0.1, 0.15) is 0 Å². The van der Waals surface area contributed by atoms with Crippen LogP contribution in [0.1, 0.15) is 11.1 Å². The molecule has 2 aromatic carbocycles. The first-order chi connectivity index (χ1) is 11.6. The van der Waals surface area contributed by atoms with E-state index in [-0.39, 0.29) is 11.4 Å². The summed E-state index contributed by atoms with van der Waals surface area (Å²) in [6.07, 6.45) is 2.27. The fraction of sp³-hybridized carbons (Fsp3) is 0.111. The van der Waals surface area contributed by atoms with Gasteiger partial charge in [0.15, 0.2) is 0 Å². The molecule has 0 bridgehead atoms. The van der Waals surface area contributed by atoms with Crippen molar-refractivity contribution in [1.29, 1.82) is 5.26 Å². The highest BCUT2D eigenvalue weighted by molar-refractivity contribution is 7.89. The molecule has 24 heavy (non-hydrogen) atoms. The minimum Gasteiger partial charge on any atom is -0.256 e. The lowest BCUT2D eigenvalue weighted by atomic mass is 10.1. The fourth-order valence-corrected chi connectivity index (χ4v) is 3.51. The number of para-hydroxylation sites is 1. The minimum absolute atomic E-state index is 0.151. The molecule has 3 rings (SSSR count). The molecule has 1 heterocycles. The van der Waals surface area contributed by atoms with Crippen LogP contribution in [0.15, 0.2) is 65.7 Å². The van der Waals surface area contributed by atoms with Crippen LogP contribution in [0.2, 0.25) is 0 Å². The Bertz CT molecular complexity index is 1000. The summed E-state index contributed by atoms with van der Waals surface area (Å²) in [5.74, 6) is 0. The first kappa shape index (κ1) is 16.1. The maximum absolute atomic E-state index is 12.3. The molecule has 0 atom stereocenters. The van der Waals surface area contributed by atoms with Crippen LogP contribution in [0.4, 0.5) is 0 Å². The third-order valence-electron chi connectivity index (χ3n) is 3.70. The number of fused-ring (bicyclic) bond motifs is 1. The van der Waals surface area contributed by atoms with E-state index >= 15 is 0 Å². The summed E-state index contributed by atoms with van der Waals surface area (Å²) in [6.45, 7) is 0.276. The van der Waals surface area contributed by atoms with E-state index in [0.717, 1.165) is 16.5 Å². The number of hydrogen-bond donors (Lipinski definition) is 1. The third kappa shape index (κ3) is 3.43. The van der Waals surface area contributed by atoms with Crippen LogP contribution < -0.4 is 4.72 Å². The van der Waals surface area contributed by atoms with Crippen LogP contribution >= 0.6 is 0 Å².